The minimum atomic E-state index is -0.618. The van der Waals surface area contributed by atoms with Crippen molar-refractivity contribution in [1.29, 1.82) is 0 Å². The molecule has 3 heterocycles. The fourth-order valence-corrected chi connectivity index (χ4v) is 3.79. The van der Waals surface area contributed by atoms with E-state index in [1.54, 1.807) is 0 Å². The van der Waals surface area contributed by atoms with Crippen molar-refractivity contribution in [2.24, 2.45) is 14.1 Å². The third-order valence-corrected chi connectivity index (χ3v) is 5.48. The Balaban J connectivity index is 2.12. The molecule has 10 nitrogen and oxygen atoms in total. The van der Waals surface area contributed by atoms with Crippen molar-refractivity contribution < 1.29 is 10.2 Å². The van der Waals surface area contributed by atoms with Crippen LogP contribution in [0.3, 0.4) is 0 Å². The van der Waals surface area contributed by atoms with Gasteiger partial charge < -0.3 is 10.2 Å². The van der Waals surface area contributed by atoms with E-state index in [2.05, 4.69) is 4.98 Å². The second-order valence-corrected chi connectivity index (χ2v) is 7.48. The summed E-state index contributed by atoms with van der Waals surface area (Å²) in [5.74, 6) is -0.300. The van der Waals surface area contributed by atoms with Gasteiger partial charge in [0.1, 0.15) is 0 Å². The molecular formula is C21H23N5O5. The summed E-state index contributed by atoms with van der Waals surface area (Å²) in [6.07, 6.45) is 1.18. The van der Waals surface area contributed by atoms with Gasteiger partial charge in [0.15, 0.2) is 11.2 Å². The van der Waals surface area contributed by atoms with Gasteiger partial charge in [-0.3, -0.25) is 23.3 Å². The van der Waals surface area contributed by atoms with Gasteiger partial charge >= 0.3 is 5.69 Å². The fourth-order valence-electron chi connectivity index (χ4n) is 3.79. The van der Waals surface area contributed by atoms with Crippen LogP contribution in [0.2, 0.25) is 0 Å². The fraction of sp³-hybridized carbons (Fsp3) is 0.333. The normalized spacial score (nSPS) is 11.6. The first-order chi connectivity index (χ1) is 14.9. The van der Waals surface area contributed by atoms with Crippen LogP contribution >= 0.6 is 0 Å². The van der Waals surface area contributed by atoms with Crippen molar-refractivity contribution in [3.8, 4) is 5.88 Å². The Bertz CT molecular complexity index is 1460. The summed E-state index contributed by atoms with van der Waals surface area (Å²) in [4.78, 5) is 43.0. The molecule has 1 aromatic carbocycles. The highest BCUT2D eigenvalue weighted by Crippen LogP contribution is 2.23. The van der Waals surface area contributed by atoms with Crippen molar-refractivity contribution in [1.82, 2.24) is 23.1 Å². The molecule has 4 rings (SSSR count). The van der Waals surface area contributed by atoms with Crippen LogP contribution in [0.15, 0.2) is 44.7 Å². The average molecular weight is 425 g/mol. The molecule has 0 aliphatic carbocycles. The number of aromatic hydroxyl groups is 1. The summed E-state index contributed by atoms with van der Waals surface area (Å²) >= 11 is 0. The Morgan fingerprint density at radius 3 is 2.35 bits per heavy atom. The van der Waals surface area contributed by atoms with Crippen LogP contribution in [0.25, 0.3) is 16.9 Å². The lowest BCUT2D eigenvalue weighted by molar-refractivity contribution is 0.284. The largest absolute Gasteiger partial charge is 0.494 e. The lowest BCUT2D eigenvalue weighted by atomic mass is 10.1. The number of aliphatic hydroxyl groups is 1. The highest BCUT2D eigenvalue weighted by Gasteiger charge is 2.24. The minimum Gasteiger partial charge on any atom is -0.494 e. The van der Waals surface area contributed by atoms with Crippen molar-refractivity contribution in [2.45, 2.75) is 25.8 Å². The van der Waals surface area contributed by atoms with Crippen LogP contribution in [0.1, 0.15) is 24.0 Å². The molecule has 0 bridgehead atoms. The number of rotatable bonds is 6. The maximum absolute atomic E-state index is 13.3. The van der Waals surface area contributed by atoms with Crippen molar-refractivity contribution in [3.63, 3.8) is 0 Å². The van der Waals surface area contributed by atoms with E-state index in [-0.39, 0.29) is 48.0 Å². The number of hydrogen-bond acceptors (Lipinski definition) is 6. The van der Waals surface area contributed by atoms with Gasteiger partial charge in [-0.2, -0.15) is 4.98 Å². The summed E-state index contributed by atoms with van der Waals surface area (Å²) in [6, 6.07) is 9.28. The standard InChI is InChI=1S/C21H23N5O5/c1-23-16-15(19(30)24(2)21(23)31)26-18(29)14(10-6-7-11-27)17(28)25(20(26)22-16)12-13-8-4-3-5-9-13/h3-5,8-9,27,29H,6-7,10-12H2,1-2H3. The first-order valence-electron chi connectivity index (χ1n) is 9.94. The third-order valence-electron chi connectivity index (χ3n) is 5.48. The molecule has 0 unspecified atom stereocenters. The number of benzene rings is 1. The zero-order valence-corrected chi connectivity index (χ0v) is 17.3. The Kier molecular flexibility index (Phi) is 5.24. The van der Waals surface area contributed by atoms with E-state index < -0.39 is 16.8 Å². The average Bonchev–Trinajstić information content (AvgIpc) is 3.18. The lowest BCUT2D eigenvalue weighted by Gasteiger charge is -2.13. The van der Waals surface area contributed by atoms with Gasteiger partial charge in [0.2, 0.25) is 11.7 Å². The van der Waals surface area contributed by atoms with E-state index in [0.29, 0.717) is 12.8 Å². The van der Waals surface area contributed by atoms with Gasteiger partial charge in [0, 0.05) is 20.7 Å². The van der Waals surface area contributed by atoms with Crippen LogP contribution < -0.4 is 16.8 Å². The molecule has 0 fully saturated rings. The van der Waals surface area contributed by atoms with Crippen molar-refractivity contribution in [2.75, 3.05) is 6.61 Å². The van der Waals surface area contributed by atoms with Gasteiger partial charge in [0.05, 0.1) is 12.1 Å². The predicted molar refractivity (Wildman–Crippen MR) is 115 cm³/mol. The van der Waals surface area contributed by atoms with Gasteiger partial charge in [-0.05, 0) is 24.8 Å². The second-order valence-electron chi connectivity index (χ2n) is 7.48. The molecule has 0 saturated carbocycles. The third kappa shape index (κ3) is 3.25. The molecule has 31 heavy (non-hydrogen) atoms. The van der Waals surface area contributed by atoms with Gasteiger partial charge in [0.25, 0.3) is 11.1 Å². The molecule has 2 N–H and O–H groups in total. The molecule has 0 amide bonds. The van der Waals surface area contributed by atoms with Crippen LogP contribution in [-0.4, -0.2) is 39.9 Å². The first-order valence-corrected chi connectivity index (χ1v) is 9.94. The van der Waals surface area contributed by atoms with Gasteiger partial charge in [-0.25, -0.2) is 9.20 Å². The summed E-state index contributed by atoms with van der Waals surface area (Å²) in [5, 5.41) is 20.1. The number of fused-ring (bicyclic) bond motifs is 3. The molecule has 3 aromatic heterocycles. The molecule has 0 spiro atoms. The topological polar surface area (TPSA) is 124 Å². The highest BCUT2D eigenvalue weighted by atomic mass is 16.3. The lowest BCUT2D eigenvalue weighted by Crippen LogP contribution is -2.37. The minimum absolute atomic E-state index is 0.0160. The zero-order chi connectivity index (χ0) is 22.3. The molecule has 0 saturated heterocycles. The van der Waals surface area contributed by atoms with E-state index in [0.717, 1.165) is 10.1 Å². The molecule has 0 radical (unpaired) electrons. The quantitative estimate of drug-likeness (QED) is 0.423. The number of unbranched alkanes of at least 4 members (excludes halogenated alkanes) is 1. The Labute approximate surface area is 175 Å². The predicted octanol–water partition coefficient (Wildman–Crippen LogP) is 0.115. The number of imidazole rings is 1. The van der Waals surface area contributed by atoms with Gasteiger partial charge in [-0.1, -0.05) is 30.3 Å². The Hall–Kier alpha value is -3.66. The molecule has 10 heteroatoms. The van der Waals surface area contributed by atoms with Gasteiger partial charge in [-0.15, -0.1) is 0 Å². The number of nitrogens with zero attached hydrogens (tertiary/aromatic N) is 5. The molecule has 0 atom stereocenters. The van der Waals surface area contributed by atoms with E-state index in [1.165, 1.54) is 27.6 Å². The van der Waals surface area contributed by atoms with Crippen LogP contribution in [0.5, 0.6) is 5.88 Å². The van der Waals surface area contributed by atoms with E-state index in [9.17, 15) is 19.5 Å². The smallest absolute Gasteiger partial charge is 0.332 e. The molecule has 0 aliphatic rings. The summed E-state index contributed by atoms with van der Waals surface area (Å²) in [7, 11) is 2.83. The summed E-state index contributed by atoms with van der Waals surface area (Å²) < 4.78 is 4.79. The highest BCUT2D eigenvalue weighted by molar-refractivity contribution is 5.76. The van der Waals surface area contributed by atoms with E-state index in [1.807, 2.05) is 30.3 Å². The molecule has 4 aromatic rings. The monoisotopic (exact) mass is 425 g/mol. The van der Waals surface area contributed by atoms with E-state index in [4.69, 9.17) is 5.11 Å². The molecule has 162 valence electrons. The van der Waals surface area contributed by atoms with Crippen LogP contribution in [0, 0.1) is 0 Å². The SMILES string of the molecule is Cn1c(=O)c2c(nc3n(Cc4ccccc4)c(=O)c(CCCCO)c(O)n23)n(C)c1=O. The Morgan fingerprint density at radius 1 is 0.968 bits per heavy atom. The van der Waals surface area contributed by atoms with E-state index >= 15 is 0 Å². The number of aliphatic hydroxyl groups excluding tert-OH is 1. The summed E-state index contributed by atoms with van der Waals surface area (Å²) in [5.41, 5.74) is -0.532. The van der Waals surface area contributed by atoms with Crippen LogP contribution in [0.4, 0.5) is 0 Å². The zero-order valence-electron chi connectivity index (χ0n) is 17.3. The van der Waals surface area contributed by atoms with Crippen LogP contribution in [-0.2, 0) is 27.1 Å². The first kappa shape index (κ1) is 20.6. The number of aryl methyl sites for hydroxylation is 1. The summed E-state index contributed by atoms with van der Waals surface area (Å²) in [6.45, 7) is 0.145. The maximum atomic E-state index is 13.3. The number of aromatic nitrogens is 5. The van der Waals surface area contributed by atoms with Crippen molar-refractivity contribution in [3.05, 3.63) is 72.7 Å². The molecular weight excluding hydrogens is 402 g/mol. The molecule has 0 aliphatic heterocycles. The Morgan fingerprint density at radius 2 is 1.68 bits per heavy atom. The number of hydrogen-bond donors (Lipinski definition) is 2. The maximum Gasteiger partial charge on any atom is 0.332 e. The van der Waals surface area contributed by atoms with Crippen molar-refractivity contribution >= 4 is 16.9 Å². The second kappa shape index (κ2) is 7.88.